The molecule has 1 aromatic carbocycles. The number of carbonyl (C=O) groups is 2. The standard InChI is InChI=1S/C19H21NO6/c1-10-15(25-11(2)18(23)20-9-8-16(21)22)7-6-13-12-4-3-5-14(12)19(24)26-17(10)13/h6-7,11H,3-5,8-9H2,1-2H3,(H,20,23)(H,21,22). The average Bonchev–Trinajstić information content (AvgIpc) is 3.08. The zero-order valence-corrected chi connectivity index (χ0v) is 14.8. The molecule has 7 nitrogen and oxygen atoms in total. The lowest BCUT2D eigenvalue weighted by molar-refractivity contribution is -0.137. The Labute approximate surface area is 150 Å². The number of hydrogen-bond donors (Lipinski definition) is 2. The highest BCUT2D eigenvalue weighted by molar-refractivity contribution is 5.86. The minimum Gasteiger partial charge on any atom is -0.481 e. The molecule has 1 aliphatic carbocycles. The van der Waals surface area contributed by atoms with Gasteiger partial charge in [-0.25, -0.2) is 4.79 Å². The number of fused-ring (bicyclic) bond motifs is 3. The average molecular weight is 359 g/mol. The first kappa shape index (κ1) is 18.0. The van der Waals surface area contributed by atoms with Gasteiger partial charge in [-0.2, -0.15) is 0 Å². The van der Waals surface area contributed by atoms with Crippen LogP contribution in [0.25, 0.3) is 11.0 Å². The third-order valence-corrected chi connectivity index (χ3v) is 4.65. The van der Waals surface area contributed by atoms with Crippen LogP contribution in [0.4, 0.5) is 0 Å². The molecule has 1 amide bonds. The van der Waals surface area contributed by atoms with Gasteiger partial charge in [0.25, 0.3) is 5.91 Å². The summed E-state index contributed by atoms with van der Waals surface area (Å²) in [6, 6.07) is 3.64. The fraction of sp³-hybridized carbons (Fsp3) is 0.421. The first-order valence-electron chi connectivity index (χ1n) is 8.62. The van der Waals surface area contributed by atoms with Crippen molar-refractivity contribution < 1.29 is 23.8 Å². The lowest BCUT2D eigenvalue weighted by atomic mass is 10.0. The van der Waals surface area contributed by atoms with Crippen LogP contribution >= 0.6 is 0 Å². The molecule has 0 saturated heterocycles. The monoisotopic (exact) mass is 359 g/mol. The topological polar surface area (TPSA) is 106 Å². The van der Waals surface area contributed by atoms with Gasteiger partial charge in [0.1, 0.15) is 11.3 Å². The quantitative estimate of drug-likeness (QED) is 0.764. The molecule has 138 valence electrons. The molecule has 7 heteroatoms. The largest absolute Gasteiger partial charge is 0.481 e. The molecule has 2 aromatic rings. The summed E-state index contributed by atoms with van der Waals surface area (Å²) in [6.45, 7) is 3.41. The number of amides is 1. The van der Waals surface area contributed by atoms with Gasteiger partial charge in [-0.05, 0) is 50.8 Å². The summed E-state index contributed by atoms with van der Waals surface area (Å²) in [5.74, 6) is -0.924. The van der Waals surface area contributed by atoms with Crippen molar-refractivity contribution in [1.29, 1.82) is 0 Å². The number of nitrogens with one attached hydrogen (secondary N) is 1. The summed E-state index contributed by atoms with van der Waals surface area (Å²) in [7, 11) is 0. The number of ether oxygens (including phenoxy) is 1. The molecule has 0 aliphatic heterocycles. The van der Waals surface area contributed by atoms with E-state index in [2.05, 4.69) is 5.32 Å². The Hall–Kier alpha value is -2.83. The number of hydrogen-bond acceptors (Lipinski definition) is 5. The van der Waals surface area contributed by atoms with Gasteiger partial charge in [0.2, 0.25) is 0 Å². The summed E-state index contributed by atoms with van der Waals surface area (Å²) in [6.07, 6.45) is 1.60. The predicted octanol–water partition coefficient (Wildman–Crippen LogP) is 1.95. The van der Waals surface area contributed by atoms with E-state index in [0.717, 1.165) is 35.8 Å². The minimum absolute atomic E-state index is 0.0413. The van der Waals surface area contributed by atoms with Crippen molar-refractivity contribution in [1.82, 2.24) is 5.32 Å². The number of carbonyl (C=O) groups excluding carboxylic acids is 1. The second kappa shape index (κ2) is 7.19. The minimum atomic E-state index is -0.980. The summed E-state index contributed by atoms with van der Waals surface area (Å²) >= 11 is 0. The van der Waals surface area contributed by atoms with Crippen molar-refractivity contribution >= 4 is 22.8 Å². The van der Waals surface area contributed by atoms with Gasteiger partial charge in [0.15, 0.2) is 6.10 Å². The van der Waals surface area contributed by atoms with E-state index >= 15 is 0 Å². The maximum atomic E-state index is 12.2. The van der Waals surface area contributed by atoms with E-state index in [1.165, 1.54) is 0 Å². The molecule has 1 aromatic heterocycles. The van der Waals surface area contributed by atoms with Crippen molar-refractivity contribution in [2.24, 2.45) is 0 Å². The van der Waals surface area contributed by atoms with Crippen molar-refractivity contribution in [2.75, 3.05) is 6.54 Å². The summed E-state index contributed by atoms with van der Waals surface area (Å²) < 4.78 is 11.2. The van der Waals surface area contributed by atoms with Gasteiger partial charge in [-0.15, -0.1) is 0 Å². The van der Waals surface area contributed by atoms with Gasteiger partial charge in [-0.1, -0.05) is 0 Å². The number of benzene rings is 1. The molecule has 1 heterocycles. The highest BCUT2D eigenvalue weighted by Crippen LogP contribution is 2.33. The third-order valence-electron chi connectivity index (χ3n) is 4.65. The lowest BCUT2D eigenvalue weighted by Crippen LogP contribution is -2.37. The van der Waals surface area contributed by atoms with Crippen molar-refractivity contribution in [3.05, 3.63) is 39.2 Å². The molecular weight excluding hydrogens is 338 g/mol. The number of rotatable bonds is 6. The second-order valence-electron chi connectivity index (χ2n) is 6.46. The Kier molecular flexibility index (Phi) is 4.97. The molecule has 0 saturated carbocycles. The number of carboxylic acid groups (broad SMARTS) is 1. The normalized spacial score (nSPS) is 14.1. The fourth-order valence-electron chi connectivity index (χ4n) is 3.27. The second-order valence-corrected chi connectivity index (χ2v) is 6.46. The molecule has 0 radical (unpaired) electrons. The van der Waals surface area contributed by atoms with Crippen LogP contribution in [-0.4, -0.2) is 29.6 Å². The maximum absolute atomic E-state index is 12.2. The Bertz CT molecular complexity index is 930. The van der Waals surface area contributed by atoms with Crippen LogP contribution in [0, 0.1) is 6.92 Å². The van der Waals surface area contributed by atoms with Crippen LogP contribution in [0.2, 0.25) is 0 Å². The van der Waals surface area contributed by atoms with E-state index in [0.29, 0.717) is 16.9 Å². The maximum Gasteiger partial charge on any atom is 0.339 e. The van der Waals surface area contributed by atoms with Crippen LogP contribution in [0.5, 0.6) is 5.75 Å². The van der Waals surface area contributed by atoms with E-state index < -0.39 is 18.0 Å². The number of aliphatic carboxylic acids is 1. The highest BCUT2D eigenvalue weighted by Gasteiger charge is 2.22. The Balaban J connectivity index is 1.82. The number of aryl methyl sites for hydroxylation is 2. The molecule has 0 spiro atoms. The van der Waals surface area contributed by atoms with Gasteiger partial charge in [0.05, 0.1) is 6.42 Å². The Morgan fingerprint density at radius 1 is 1.31 bits per heavy atom. The first-order valence-corrected chi connectivity index (χ1v) is 8.62. The molecule has 2 N–H and O–H groups in total. The van der Waals surface area contributed by atoms with Crippen LogP contribution in [0.3, 0.4) is 0 Å². The highest BCUT2D eigenvalue weighted by atomic mass is 16.5. The third kappa shape index (κ3) is 3.42. The first-order chi connectivity index (χ1) is 12.4. The van der Waals surface area contributed by atoms with Gasteiger partial charge >= 0.3 is 11.6 Å². The van der Waals surface area contributed by atoms with E-state index in [-0.39, 0.29) is 18.6 Å². The van der Waals surface area contributed by atoms with E-state index in [1.54, 1.807) is 19.9 Å². The predicted molar refractivity (Wildman–Crippen MR) is 94.6 cm³/mol. The molecule has 26 heavy (non-hydrogen) atoms. The fourth-order valence-corrected chi connectivity index (χ4v) is 3.27. The molecule has 1 aliphatic rings. The molecule has 1 unspecified atom stereocenters. The lowest BCUT2D eigenvalue weighted by Gasteiger charge is -2.17. The van der Waals surface area contributed by atoms with E-state index in [9.17, 15) is 14.4 Å². The van der Waals surface area contributed by atoms with Crippen LogP contribution in [-0.2, 0) is 22.4 Å². The summed E-state index contributed by atoms with van der Waals surface area (Å²) in [5, 5.41) is 12.0. The molecule has 0 bridgehead atoms. The smallest absolute Gasteiger partial charge is 0.339 e. The molecule has 1 atom stereocenters. The van der Waals surface area contributed by atoms with Crippen molar-refractivity contribution in [3.63, 3.8) is 0 Å². The molecule has 3 rings (SSSR count). The zero-order chi connectivity index (χ0) is 18.8. The Morgan fingerprint density at radius 3 is 2.77 bits per heavy atom. The number of carboxylic acids is 1. The van der Waals surface area contributed by atoms with Crippen LogP contribution < -0.4 is 15.7 Å². The zero-order valence-electron chi connectivity index (χ0n) is 14.8. The van der Waals surface area contributed by atoms with Crippen LogP contribution in [0.1, 0.15) is 36.5 Å². The van der Waals surface area contributed by atoms with E-state index in [1.807, 2.05) is 6.07 Å². The van der Waals surface area contributed by atoms with Crippen molar-refractivity contribution in [3.8, 4) is 5.75 Å². The SMILES string of the molecule is Cc1c(OC(C)C(=O)NCCC(=O)O)ccc2c3c(c(=O)oc12)CCC3. The van der Waals surface area contributed by atoms with Gasteiger partial charge < -0.3 is 19.6 Å². The molecule has 0 fully saturated rings. The molecular formula is C19H21NO6. The van der Waals surface area contributed by atoms with E-state index in [4.69, 9.17) is 14.3 Å². The van der Waals surface area contributed by atoms with Crippen molar-refractivity contribution in [2.45, 2.75) is 45.6 Å². The van der Waals surface area contributed by atoms with Gasteiger partial charge in [-0.3, -0.25) is 9.59 Å². The van der Waals surface area contributed by atoms with Gasteiger partial charge in [0, 0.05) is 23.1 Å². The summed E-state index contributed by atoms with van der Waals surface area (Å²) in [4.78, 5) is 34.7. The van der Waals surface area contributed by atoms with Crippen LogP contribution in [0.15, 0.2) is 21.3 Å². The Morgan fingerprint density at radius 2 is 2.04 bits per heavy atom. The summed E-state index contributed by atoms with van der Waals surface area (Å²) in [5.41, 5.74) is 2.66.